The molecule has 2 heterocycles. The summed E-state index contributed by atoms with van der Waals surface area (Å²) in [6.07, 6.45) is 0. The monoisotopic (exact) mass is 420 g/mol. The van der Waals surface area contributed by atoms with E-state index in [0.717, 1.165) is 22.0 Å². The molecule has 0 saturated carbocycles. The molecule has 0 aliphatic heterocycles. The van der Waals surface area contributed by atoms with Gasteiger partial charge >= 0.3 is 0 Å². The fourth-order valence-electron chi connectivity index (χ4n) is 3.30. The molecule has 154 valence electrons. The normalized spacial score (nSPS) is 11.5. The van der Waals surface area contributed by atoms with Gasteiger partial charge in [0.15, 0.2) is 0 Å². The second-order valence-corrected chi connectivity index (χ2v) is 8.26. The van der Waals surface area contributed by atoms with Gasteiger partial charge in [0.2, 0.25) is 0 Å². The van der Waals surface area contributed by atoms with Crippen LogP contribution in [0.2, 0.25) is 0 Å². The minimum atomic E-state index is -0.103. The summed E-state index contributed by atoms with van der Waals surface area (Å²) in [4.78, 5) is 27.0. The van der Waals surface area contributed by atoms with Crippen molar-refractivity contribution in [2.75, 3.05) is 7.11 Å². The van der Waals surface area contributed by atoms with Crippen molar-refractivity contribution in [2.45, 2.75) is 33.0 Å². The number of methoxy groups -OCH3 is 1. The van der Waals surface area contributed by atoms with E-state index >= 15 is 0 Å². The Bertz CT molecular complexity index is 1220. The van der Waals surface area contributed by atoms with Crippen molar-refractivity contribution in [3.63, 3.8) is 0 Å². The van der Waals surface area contributed by atoms with E-state index in [1.54, 1.807) is 24.5 Å². The number of aromatic amines is 1. The lowest BCUT2D eigenvalue weighted by atomic mass is 10.2. The molecule has 30 heavy (non-hydrogen) atoms. The van der Waals surface area contributed by atoms with Crippen LogP contribution in [0.5, 0.6) is 5.75 Å². The summed E-state index contributed by atoms with van der Waals surface area (Å²) >= 11 is 1.62. The summed E-state index contributed by atoms with van der Waals surface area (Å²) in [5.74, 6) is 1.48. The molecule has 0 unspecified atom stereocenters. The van der Waals surface area contributed by atoms with Gasteiger partial charge in [-0.05, 0) is 38.1 Å². The summed E-state index contributed by atoms with van der Waals surface area (Å²) in [5.41, 5.74) is 2.65. The number of hydrogen-bond donors (Lipinski definition) is 1. The average molecular weight is 421 g/mol. The number of nitrogens with one attached hydrogen (secondary N) is 1. The van der Waals surface area contributed by atoms with E-state index in [9.17, 15) is 4.79 Å². The lowest BCUT2D eigenvalue weighted by Crippen LogP contribution is -2.31. The van der Waals surface area contributed by atoms with Gasteiger partial charge < -0.3 is 9.72 Å². The van der Waals surface area contributed by atoms with E-state index in [4.69, 9.17) is 9.72 Å². The van der Waals surface area contributed by atoms with E-state index in [2.05, 4.69) is 34.1 Å². The molecule has 0 aliphatic rings. The Kier molecular flexibility index (Phi) is 5.92. The largest absolute Gasteiger partial charge is 0.497 e. The van der Waals surface area contributed by atoms with Crippen LogP contribution in [0.25, 0.3) is 21.5 Å². The highest BCUT2D eigenvalue weighted by Gasteiger charge is 2.16. The number of nitrogens with zero attached hydrogens (tertiary/aromatic N) is 3. The van der Waals surface area contributed by atoms with Crippen LogP contribution in [0.3, 0.4) is 0 Å². The van der Waals surface area contributed by atoms with Crippen molar-refractivity contribution in [3.8, 4) is 16.3 Å². The SMILES string of the molecule is COc1cccc(-c2nc(CN(Cc3nc4ccccc4c(=O)[nH]3)C(C)C)cs2)c1. The van der Waals surface area contributed by atoms with Crippen LogP contribution in [0.4, 0.5) is 0 Å². The van der Waals surface area contributed by atoms with Gasteiger partial charge in [0.05, 0.1) is 30.3 Å². The third kappa shape index (κ3) is 4.42. The highest BCUT2D eigenvalue weighted by Crippen LogP contribution is 2.27. The zero-order chi connectivity index (χ0) is 21.1. The standard InChI is InChI=1S/C23H24N4O2S/c1-15(2)27(13-21-25-20-10-5-4-9-19(20)22(28)26-21)12-17-14-30-23(24-17)16-7-6-8-18(11-16)29-3/h4-11,14-15H,12-13H2,1-3H3,(H,25,26,28). The number of rotatable bonds is 7. The maximum atomic E-state index is 12.4. The van der Waals surface area contributed by atoms with Crippen molar-refractivity contribution in [1.29, 1.82) is 0 Å². The zero-order valence-corrected chi connectivity index (χ0v) is 18.1. The Morgan fingerprint density at radius 2 is 1.93 bits per heavy atom. The molecule has 0 bridgehead atoms. The Labute approximate surface area is 179 Å². The number of benzene rings is 2. The van der Waals surface area contributed by atoms with Crippen LogP contribution in [-0.4, -0.2) is 33.0 Å². The number of aromatic nitrogens is 3. The second-order valence-electron chi connectivity index (χ2n) is 7.40. The van der Waals surface area contributed by atoms with Crippen molar-refractivity contribution in [2.24, 2.45) is 0 Å². The lowest BCUT2D eigenvalue weighted by Gasteiger charge is -2.25. The van der Waals surface area contributed by atoms with Gasteiger partial charge in [-0.15, -0.1) is 11.3 Å². The summed E-state index contributed by atoms with van der Waals surface area (Å²) in [5, 5.41) is 3.66. The number of thiazole rings is 1. The molecule has 0 atom stereocenters. The van der Waals surface area contributed by atoms with Gasteiger partial charge in [-0.25, -0.2) is 9.97 Å². The number of para-hydroxylation sites is 1. The third-order valence-electron chi connectivity index (χ3n) is 4.98. The molecule has 7 heteroatoms. The second kappa shape index (κ2) is 8.77. The molecule has 0 amide bonds. The molecular weight excluding hydrogens is 396 g/mol. The number of fused-ring (bicyclic) bond motifs is 1. The van der Waals surface area contributed by atoms with Gasteiger partial charge in [0.1, 0.15) is 16.6 Å². The molecule has 0 fully saturated rings. The van der Waals surface area contributed by atoms with Gasteiger partial charge in [0.25, 0.3) is 5.56 Å². The molecule has 0 spiro atoms. The maximum Gasteiger partial charge on any atom is 0.258 e. The minimum absolute atomic E-state index is 0.103. The first kappa shape index (κ1) is 20.3. The summed E-state index contributed by atoms with van der Waals surface area (Å²) < 4.78 is 5.32. The smallest absolute Gasteiger partial charge is 0.258 e. The fraction of sp³-hybridized carbons (Fsp3) is 0.261. The first-order chi connectivity index (χ1) is 14.5. The molecule has 1 N–H and O–H groups in total. The maximum absolute atomic E-state index is 12.4. The zero-order valence-electron chi connectivity index (χ0n) is 17.3. The van der Waals surface area contributed by atoms with Crippen molar-refractivity contribution in [3.05, 3.63) is 75.8 Å². The predicted molar refractivity (Wildman–Crippen MR) is 121 cm³/mol. The fourth-order valence-corrected chi connectivity index (χ4v) is 4.11. The molecule has 0 radical (unpaired) electrons. The molecule has 4 aromatic rings. The molecule has 4 rings (SSSR count). The van der Waals surface area contributed by atoms with E-state index in [1.165, 1.54) is 0 Å². The van der Waals surface area contributed by atoms with Gasteiger partial charge in [-0.3, -0.25) is 9.69 Å². The van der Waals surface area contributed by atoms with Crippen LogP contribution < -0.4 is 10.3 Å². The summed E-state index contributed by atoms with van der Waals surface area (Å²) in [7, 11) is 1.66. The molecule has 6 nitrogen and oxygen atoms in total. The summed E-state index contributed by atoms with van der Waals surface area (Å²) in [6.45, 7) is 5.49. The first-order valence-corrected chi connectivity index (χ1v) is 10.7. The molecule has 2 aromatic carbocycles. The Hall–Kier alpha value is -3.03. The average Bonchev–Trinajstić information content (AvgIpc) is 3.22. The molecular formula is C23H24N4O2S. The highest BCUT2D eigenvalue weighted by molar-refractivity contribution is 7.13. The lowest BCUT2D eigenvalue weighted by molar-refractivity contribution is 0.196. The van der Waals surface area contributed by atoms with E-state index in [-0.39, 0.29) is 11.6 Å². The van der Waals surface area contributed by atoms with Gasteiger partial charge in [-0.2, -0.15) is 0 Å². The van der Waals surface area contributed by atoms with E-state index < -0.39 is 0 Å². The Morgan fingerprint density at radius 3 is 2.73 bits per heavy atom. The Balaban J connectivity index is 1.55. The minimum Gasteiger partial charge on any atom is -0.497 e. The molecule has 0 saturated heterocycles. The highest BCUT2D eigenvalue weighted by atomic mass is 32.1. The first-order valence-electron chi connectivity index (χ1n) is 9.84. The van der Waals surface area contributed by atoms with Gasteiger partial charge in [-0.1, -0.05) is 24.3 Å². The predicted octanol–water partition coefficient (Wildman–Crippen LogP) is 4.47. The van der Waals surface area contributed by atoms with Gasteiger partial charge in [0, 0.05) is 23.5 Å². The molecule has 2 aromatic heterocycles. The molecule has 0 aliphatic carbocycles. The van der Waals surface area contributed by atoms with E-state index in [1.807, 2.05) is 42.5 Å². The van der Waals surface area contributed by atoms with Crippen LogP contribution >= 0.6 is 11.3 Å². The van der Waals surface area contributed by atoms with Crippen LogP contribution in [-0.2, 0) is 13.1 Å². The number of hydrogen-bond acceptors (Lipinski definition) is 6. The third-order valence-corrected chi connectivity index (χ3v) is 5.92. The van der Waals surface area contributed by atoms with Crippen LogP contribution in [0.1, 0.15) is 25.4 Å². The summed E-state index contributed by atoms with van der Waals surface area (Å²) in [6, 6.07) is 15.6. The number of ether oxygens (including phenoxy) is 1. The van der Waals surface area contributed by atoms with Crippen molar-refractivity contribution >= 4 is 22.2 Å². The van der Waals surface area contributed by atoms with Crippen molar-refractivity contribution in [1.82, 2.24) is 19.9 Å². The van der Waals surface area contributed by atoms with Crippen LogP contribution in [0.15, 0.2) is 58.7 Å². The number of H-pyrrole nitrogens is 1. The topological polar surface area (TPSA) is 71.1 Å². The van der Waals surface area contributed by atoms with Crippen LogP contribution in [0, 0.1) is 0 Å². The van der Waals surface area contributed by atoms with E-state index in [0.29, 0.717) is 29.8 Å². The van der Waals surface area contributed by atoms with Crippen molar-refractivity contribution < 1.29 is 4.74 Å². The quantitative estimate of drug-likeness (QED) is 0.478. The Morgan fingerprint density at radius 1 is 1.10 bits per heavy atom.